The monoisotopic (exact) mass is 277 g/mol. The smallest absolute Gasteiger partial charge is 0.295 e. The third-order valence-electron chi connectivity index (χ3n) is 2.56. The molecule has 0 aromatic heterocycles. The van der Waals surface area contributed by atoms with Gasteiger partial charge in [0.25, 0.3) is 10.1 Å². The fourth-order valence-electron chi connectivity index (χ4n) is 1.70. The molecule has 0 saturated heterocycles. The first kappa shape index (κ1) is 13.3. The van der Waals surface area contributed by atoms with Gasteiger partial charge < -0.3 is 5.73 Å². The summed E-state index contributed by atoms with van der Waals surface area (Å²) in [4.78, 5) is 11.8. The minimum atomic E-state index is -4.48. The molecule has 0 fully saturated rings. The molecule has 2 rings (SSSR count). The first-order valence-electron chi connectivity index (χ1n) is 5.36. The molecule has 3 N–H and O–H groups in total. The number of carbonyl (C=O) groups is 1. The summed E-state index contributed by atoms with van der Waals surface area (Å²) < 4.78 is 31.7. The highest BCUT2D eigenvalue weighted by molar-refractivity contribution is 7.86. The lowest BCUT2D eigenvalue weighted by atomic mass is 10.0. The summed E-state index contributed by atoms with van der Waals surface area (Å²) in [5, 5.41) is 0. The van der Waals surface area contributed by atoms with Crippen molar-refractivity contribution in [3.8, 4) is 0 Å². The van der Waals surface area contributed by atoms with E-state index in [-0.39, 0.29) is 11.3 Å². The second kappa shape index (κ2) is 4.83. The average Bonchev–Trinajstić information content (AvgIpc) is 2.37. The fourth-order valence-corrected chi connectivity index (χ4v) is 2.36. The predicted octanol–water partition coefficient (Wildman–Crippen LogP) is 1.75. The van der Waals surface area contributed by atoms with E-state index in [0.717, 1.165) is 6.07 Å². The number of nitrogen functional groups attached to an aromatic ring is 1. The van der Waals surface area contributed by atoms with Crippen molar-refractivity contribution in [1.82, 2.24) is 0 Å². The summed E-state index contributed by atoms with van der Waals surface area (Å²) in [5.41, 5.74) is 5.97. The SMILES string of the molecule is Nc1ccc(S(=O)(=O)O)c(C(=O)c2ccccc2)c1. The van der Waals surface area contributed by atoms with Gasteiger partial charge in [-0.3, -0.25) is 9.35 Å². The van der Waals surface area contributed by atoms with Gasteiger partial charge >= 0.3 is 0 Å². The molecule has 0 aliphatic carbocycles. The van der Waals surface area contributed by atoms with Crippen molar-refractivity contribution < 1.29 is 17.8 Å². The Hall–Kier alpha value is -2.18. The Labute approximate surface area is 110 Å². The van der Waals surface area contributed by atoms with Crippen molar-refractivity contribution in [2.45, 2.75) is 4.90 Å². The van der Waals surface area contributed by atoms with Crippen LogP contribution in [0.1, 0.15) is 15.9 Å². The van der Waals surface area contributed by atoms with Gasteiger partial charge in [0, 0.05) is 16.8 Å². The summed E-state index contributed by atoms with van der Waals surface area (Å²) in [5.74, 6) is -0.513. The fraction of sp³-hybridized carbons (Fsp3) is 0. The molecule has 98 valence electrons. The van der Waals surface area contributed by atoms with E-state index < -0.39 is 20.8 Å². The van der Waals surface area contributed by atoms with Crippen LogP contribution < -0.4 is 5.73 Å². The summed E-state index contributed by atoms with van der Waals surface area (Å²) in [6.07, 6.45) is 0. The molecule has 19 heavy (non-hydrogen) atoms. The van der Waals surface area contributed by atoms with Crippen LogP contribution in [0, 0.1) is 0 Å². The molecule has 0 atom stereocenters. The highest BCUT2D eigenvalue weighted by Gasteiger charge is 2.21. The third kappa shape index (κ3) is 2.81. The zero-order valence-electron chi connectivity index (χ0n) is 9.78. The molecule has 0 bridgehead atoms. The van der Waals surface area contributed by atoms with E-state index in [1.165, 1.54) is 12.1 Å². The van der Waals surface area contributed by atoms with Crippen molar-refractivity contribution in [2.75, 3.05) is 5.73 Å². The Balaban J connectivity index is 2.62. The molecule has 0 unspecified atom stereocenters. The molecule has 0 spiro atoms. The Morgan fingerprint density at radius 1 is 1.05 bits per heavy atom. The molecule has 2 aromatic rings. The molecule has 0 aliphatic heterocycles. The molecule has 0 aliphatic rings. The van der Waals surface area contributed by atoms with Gasteiger partial charge in [0.15, 0.2) is 5.78 Å². The molecule has 6 heteroatoms. The number of hydrogen-bond acceptors (Lipinski definition) is 4. The van der Waals surface area contributed by atoms with Gasteiger partial charge in [0.05, 0.1) is 0 Å². The number of carbonyl (C=O) groups excluding carboxylic acids is 1. The van der Waals surface area contributed by atoms with Crippen molar-refractivity contribution in [3.63, 3.8) is 0 Å². The van der Waals surface area contributed by atoms with Crippen molar-refractivity contribution in [3.05, 3.63) is 59.7 Å². The van der Waals surface area contributed by atoms with E-state index in [2.05, 4.69) is 0 Å². The summed E-state index contributed by atoms with van der Waals surface area (Å²) in [7, 11) is -4.48. The number of anilines is 1. The van der Waals surface area contributed by atoms with Crippen LogP contribution in [-0.4, -0.2) is 18.8 Å². The third-order valence-corrected chi connectivity index (χ3v) is 3.47. The molecule has 0 amide bonds. The van der Waals surface area contributed by atoms with Crippen LogP contribution in [0.2, 0.25) is 0 Å². The van der Waals surface area contributed by atoms with Gasteiger partial charge in [-0.1, -0.05) is 30.3 Å². The molecule has 0 radical (unpaired) electrons. The number of benzene rings is 2. The maximum Gasteiger partial charge on any atom is 0.295 e. The van der Waals surface area contributed by atoms with Crippen molar-refractivity contribution in [1.29, 1.82) is 0 Å². The van der Waals surface area contributed by atoms with Crippen LogP contribution in [0.3, 0.4) is 0 Å². The van der Waals surface area contributed by atoms with Crippen molar-refractivity contribution in [2.24, 2.45) is 0 Å². The summed E-state index contributed by atoms with van der Waals surface area (Å²) in [6, 6.07) is 11.8. The van der Waals surface area contributed by atoms with E-state index in [9.17, 15) is 13.2 Å². The maximum absolute atomic E-state index is 12.2. The zero-order chi connectivity index (χ0) is 14.0. The van der Waals surface area contributed by atoms with E-state index in [1.54, 1.807) is 30.3 Å². The summed E-state index contributed by atoms with van der Waals surface area (Å²) >= 11 is 0. The van der Waals surface area contributed by atoms with Gasteiger partial charge in [-0.25, -0.2) is 0 Å². The highest BCUT2D eigenvalue weighted by atomic mass is 32.2. The second-order valence-electron chi connectivity index (χ2n) is 3.93. The Bertz CT molecular complexity index is 724. The van der Waals surface area contributed by atoms with E-state index in [0.29, 0.717) is 5.56 Å². The molecule has 0 saturated carbocycles. The molecule has 2 aromatic carbocycles. The lowest BCUT2D eigenvalue weighted by Gasteiger charge is -2.07. The highest BCUT2D eigenvalue weighted by Crippen LogP contribution is 2.21. The first-order valence-corrected chi connectivity index (χ1v) is 6.80. The lowest BCUT2D eigenvalue weighted by molar-refractivity contribution is 0.103. The van der Waals surface area contributed by atoms with Crippen LogP contribution >= 0.6 is 0 Å². The standard InChI is InChI=1S/C13H11NO4S/c14-10-6-7-12(19(16,17)18)11(8-10)13(15)9-4-2-1-3-5-9/h1-8H,14H2,(H,16,17,18). The quantitative estimate of drug-likeness (QED) is 0.506. The molecular weight excluding hydrogens is 266 g/mol. The molecule has 0 heterocycles. The molecule has 5 nitrogen and oxygen atoms in total. The largest absolute Gasteiger partial charge is 0.399 e. The Kier molecular flexibility index (Phi) is 3.37. The second-order valence-corrected chi connectivity index (χ2v) is 5.32. The van der Waals surface area contributed by atoms with Crippen LogP contribution in [0.25, 0.3) is 0 Å². The lowest BCUT2D eigenvalue weighted by Crippen LogP contribution is -2.10. The Morgan fingerprint density at radius 2 is 1.68 bits per heavy atom. The van der Waals surface area contributed by atoms with Crippen LogP contribution in [0.15, 0.2) is 53.4 Å². The van der Waals surface area contributed by atoms with E-state index in [4.69, 9.17) is 10.3 Å². The Morgan fingerprint density at radius 3 is 2.26 bits per heavy atom. The minimum Gasteiger partial charge on any atom is -0.399 e. The maximum atomic E-state index is 12.2. The van der Waals surface area contributed by atoms with Crippen molar-refractivity contribution >= 4 is 21.6 Å². The minimum absolute atomic E-state index is 0.145. The van der Waals surface area contributed by atoms with Gasteiger partial charge in [-0.15, -0.1) is 0 Å². The normalized spacial score (nSPS) is 11.2. The van der Waals surface area contributed by atoms with Crippen LogP contribution in [0.5, 0.6) is 0 Å². The zero-order valence-corrected chi connectivity index (χ0v) is 10.6. The van der Waals surface area contributed by atoms with Crippen LogP contribution in [-0.2, 0) is 10.1 Å². The van der Waals surface area contributed by atoms with Gasteiger partial charge in [-0.05, 0) is 18.2 Å². The summed E-state index contributed by atoms with van der Waals surface area (Å²) in [6.45, 7) is 0. The first-order chi connectivity index (χ1) is 8.89. The van der Waals surface area contributed by atoms with E-state index >= 15 is 0 Å². The average molecular weight is 277 g/mol. The van der Waals surface area contributed by atoms with Gasteiger partial charge in [-0.2, -0.15) is 8.42 Å². The van der Waals surface area contributed by atoms with Gasteiger partial charge in [0.1, 0.15) is 4.90 Å². The van der Waals surface area contributed by atoms with E-state index in [1.807, 2.05) is 0 Å². The van der Waals surface area contributed by atoms with Gasteiger partial charge in [0.2, 0.25) is 0 Å². The van der Waals surface area contributed by atoms with Crippen LogP contribution in [0.4, 0.5) is 5.69 Å². The number of nitrogens with two attached hydrogens (primary N) is 1. The number of hydrogen-bond donors (Lipinski definition) is 2. The number of ketones is 1. The molecular formula is C13H11NO4S. The topological polar surface area (TPSA) is 97.5 Å². The predicted molar refractivity (Wildman–Crippen MR) is 70.5 cm³/mol. The number of rotatable bonds is 3.